The van der Waals surface area contributed by atoms with E-state index >= 15 is 0 Å². The maximum atomic E-state index is 10.9. The molecule has 0 aliphatic heterocycles. The molecule has 13 heavy (non-hydrogen) atoms. The predicted molar refractivity (Wildman–Crippen MR) is 42.5 cm³/mol. The number of aliphatic carboxylic acids is 1. The minimum absolute atomic E-state index is 0.126. The van der Waals surface area contributed by atoms with Gasteiger partial charge in [0.1, 0.15) is 6.04 Å². The smallest absolute Gasteiger partial charge is 0.321 e. The fourth-order valence-electron chi connectivity index (χ4n) is 6.36. The zero-order valence-corrected chi connectivity index (χ0v) is 7.05. The molecular weight excluding hydrogens is 166 g/mol. The molecule has 6 aliphatic rings. The van der Waals surface area contributed by atoms with Gasteiger partial charge in [0, 0.05) is 5.41 Å². The van der Waals surface area contributed by atoms with Crippen LogP contribution in [0.15, 0.2) is 0 Å². The van der Waals surface area contributed by atoms with Crippen molar-refractivity contribution in [2.75, 3.05) is 0 Å². The van der Waals surface area contributed by atoms with E-state index in [0.717, 1.165) is 41.4 Å². The van der Waals surface area contributed by atoms with Crippen molar-refractivity contribution in [3.8, 4) is 0 Å². The molecule has 1 atom stereocenters. The van der Waals surface area contributed by atoms with Crippen LogP contribution in [0, 0.1) is 46.8 Å². The van der Waals surface area contributed by atoms with Crippen molar-refractivity contribution in [2.45, 2.75) is 6.04 Å². The largest absolute Gasteiger partial charge is 0.480 e. The van der Waals surface area contributed by atoms with Gasteiger partial charge in [-0.3, -0.25) is 4.79 Å². The summed E-state index contributed by atoms with van der Waals surface area (Å²) >= 11 is 0. The van der Waals surface area contributed by atoms with E-state index in [2.05, 4.69) is 0 Å². The van der Waals surface area contributed by atoms with Gasteiger partial charge in [0.15, 0.2) is 0 Å². The summed E-state index contributed by atoms with van der Waals surface area (Å²) in [4.78, 5) is 10.9. The first-order valence-corrected chi connectivity index (χ1v) is 5.20. The Labute approximate surface area is 75.3 Å². The molecule has 0 saturated heterocycles. The van der Waals surface area contributed by atoms with E-state index in [1.54, 1.807) is 0 Å². The molecule has 0 heterocycles. The zero-order chi connectivity index (χ0) is 8.70. The number of carbonyl (C=O) groups is 1. The van der Waals surface area contributed by atoms with E-state index < -0.39 is 12.0 Å². The van der Waals surface area contributed by atoms with Crippen molar-refractivity contribution < 1.29 is 9.90 Å². The van der Waals surface area contributed by atoms with Gasteiger partial charge in [0.2, 0.25) is 0 Å². The van der Waals surface area contributed by atoms with Crippen LogP contribution in [0.25, 0.3) is 0 Å². The van der Waals surface area contributed by atoms with Gasteiger partial charge in [0.25, 0.3) is 0 Å². The molecule has 6 saturated carbocycles. The molecular formula is C10H11NO2. The molecule has 0 aromatic heterocycles. The number of hydrogen-bond donors (Lipinski definition) is 2. The monoisotopic (exact) mass is 177 g/mol. The third-order valence-electron chi connectivity index (χ3n) is 6.36. The summed E-state index contributed by atoms with van der Waals surface area (Å²) in [5, 5.41) is 8.96. The average molecular weight is 177 g/mol. The van der Waals surface area contributed by atoms with Crippen LogP contribution in [0.5, 0.6) is 0 Å². The first kappa shape index (κ1) is 6.02. The Bertz CT molecular complexity index is 326. The Balaban J connectivity index is 1.62. The van der Waals surface area contributed by atoms with E-state index in [-0.39, 0.29) is 5.41 Å². The van der Waals surface area contributed by atoms with Gasteiger partial charge in [-0.15, -0.1) is 0 Å². The van der Waals surface area contributed by atoms with Crippen LogP contribution < -0.4 is 5.73 Å². The van der Waals surface area contributed by atoms with Crippen molar-refractivity contribution in [2.24, 2.45) is 52.6 Å². The van der Waals surface area contributed by atoms with Crippen molar-refractivity contribution in [3.05, 3.63) is 0 Å². The minimum atomic E-state index is -0.768. The van der Waals surface area contributed by atoms with Gasteiger partial charge in [0.05, 0.1) is 0 Å². The van der Waals surface area contributed by atoms with Crippen LogP contribution in [-0.2, 0) is 4.79 Å². The number of nitrogens with two attached hydrogens (primary N) is 1. The molecule has 3 N–H and O–H groups in total. The Morgan fingerprint density at radius 1 is 1.15 bits per heavy atom. The number of carboxylic acid groups (broad SMARTS) is 1. The molecule has 6 aliphatic carbocycles. The second-order valence-electron chi connectivity index (χ2n) is 5.70. The molecule has 3 heteroatoms. The highest BCUT2D eigenvalue weighted by atomic mass is 16.4. The molecule has 0 bridgehead atoms. The molecule has 6 fully saturated rings. The highest BCUT2D eigenvalue weighted by Gasteiger charge is 3.05. The maximum Gasteiger partial charge on any atom is 0.321 e. The van der Waals surface area contributed by atoms with Gasteiger partial charge >= 0.3 is 5.97 Å². The summed E-state index contributed by atoms with van der Waals surface area (Å²) in [5.74, 6) is 5.34. The molecule has 0 radical (unpaired) electrons. The van der Waals surface area contributed by atoms with Gasteiger partial charge in [-0.2, -0.15) is 0 Å². The van der Waals surface area contributed by atoms with Crippen LogP contribution >= 0.6 is 0 Å². The molecule has 0 unspecified atom stereocenters. The molecule has 3 nitrogen and oxygen atoms in total. The number of carboxylic acids is 1. The van der Waals surface area contributed by atoms with E-state index in [1.165, 1.54) is 0 Å². The standard InChI is InChI=1S/C10H11NO2/c11-8(9(12)13)10-5-2-1-3(5)7(10)4(1)6(2)10/h1-8H,11H2,(H,12,13)/t1?,2?,3?,4?,5?,6?,7?,8-,10?/m1/s1. The average Bonchev–Trinajstić information content (AvgIpc) is 2.17. The van der Waals surface area contributed by atoms with Crippen LogP contribution in [0.1, 0.15) is 0 Å². The molecule has 0 aromatic carbocycles. The highest BCUT2D eigenvalue weighted by molar-refractivity contribution is 5.77. The van der Waals surface area contributed by atoms with Crippen molar-refractivity contribution in [3.63, 3.8) is 0 Å². The Morgan fingerprint density at radius 3 is 2.00 bits per heavy atom. The normalized spacial score (nSPS) is 79.0. The Kier molecular flexibility index (Phi) is 0.547. The third-order valence-corrected chi connectivity index (χ3v) is 6.36. The third kappa shape index (κ3) is 0.253. The Hall–Kier alpha value is -0.570. The minimum Gasteiger partial charge on any atom is -0.480 e. The molecule has 6 rings (SSSR count). The quantitative estimate of drug-likeness (QED) is 0.612. The van der Waals surface area contributed by atoms with Crippen molar-refractivity contribution in [1.82, 2.24) is 0 Å². The van der Waals surface area contributed by atoms with Gasteiger partial charge in [-0.1, -0.05) is 0 Å². The molecule has 0 amide bonds. The summed E-state index contributed by atoms with van der Waals surface area (Å²) in [6.07, 6.45) is 0. The van der Waals surface area contributed by atoms with Gasteiger partial charge < -0.3 is 10.8 Å². The van der Waals surface area contributed by atoms with Crippen molar-refractivity contribution in [1.29, 1.82) is 0 Å². The summed E-state index contributed by atoms with van der Waals surface area (Å²) in [5.41, 5.74) is 5.94. The molecule has 0 spiro atoms. The molecule has 68 valence electrons. The summed E-state index contributed by atoms with van der Waals surface area (Å²) < 4.78 is 0. The summed E-state index contributed by atoms with van der Waals surface area (Å²) in [6.45, 7) is 0. The highest BCUT2D eigenvalue weighted by Crippen LogP contribution is 3.06. The zero-order valence-electron chi connectivity index (χ0n) is 7.05. The van der Waals surface area contributed by atoms with E-state index in [4.69, 9.17) is 10.8 Å². The van der Waals surface area contributed by atoms with Crippen LogP contribution in [-0.4, -0.2) is 17.1 Å². The topological polar surface area (TPSA) is 63.3 Å². The second-order valence-corrected chi connectivity index (χ2v) is 5.70. The first-order valence-electron chi connectivity index (χ1n) is 5.20. The van der Waals surface area contributed by atoms with Crippen LogP contribution in [0.4, 0.5) is 0 Å². The predicted octanol–water partition coefficient (Wildman–Crippen LogP) is -0.234. The molecule has 0 aromatic rings. The lowest BCUT2D eigenvalue weighted by atomic mass is 8.96. The lowest BCUT2D eigenvalue weighted by molar-refractivity contribution is -0.616. The first-order chi connectivity index (χ1) is 6.22. The number of hydrogen-bond acceptors (Lipinski definition) is 2. The van der Waals surface area contributed by atoms with E-state index in [0.29, 0.717) is 0 Å². The maximum absolute atomic E-state index is 10.9. The lowest BCUT2D eigenvalue weighted by Gasteiger charge is -3.08. The summed E-state index contributed by atoms with van der Waals surface area (Å²) in [7, 11) is 0. The summed E-state index contributed by atoms with van der Waals surface area (Å²) in [6, 6.07) is -0.544. The second kappa shape index (κ2) is 1.18. The van der Waals surface area contributed by atoms with E-state index in [9.17, 15) is 4.79 Å². The van der Waals surface area contributed by atoms with Gasteiger partial charge in [-0.25, -0.2) is 0 Å². The van der Waals surface area contributed by atoms with Crippen LogP contribution in [0.2, 0.25) is 0 Å². The van der Waals surface area contributed by atoms with E-state index in [1.807, 2.05) is 0 Å². The van der Waals surface area contributed by atoms with Crippen molar-refractivity contribution >= 4 is 5.97 Å². The van der Waals surface area contributed by atoms with Gasteiger partial charge in [-0.05, 0) is 41.4 Å². The number of rotatable bonds is 2. The lowest BCUT2D eigenvalue weighted by Crippen LogP contribution is -3.07. The Morgan fingerprint density at radius 2 is 1.62 bits per heavy atom. The van der Waals surface area contributed by atoms with Crippen LogP contribution in [0.3, 0.4) is 0 Å². The fourth-order valence-corrected chi connectivity index (χ4v) is 6.36. The fraction of sp³-hybridized carbons (Fsp3) is 0.900. The SMILES string of the molecule is N[C@H](C(=O)O)C12C3C4C5C3C1C5C42.